The zero-order valence-electron chi connectivity index (χ0n) is 10.5. The predicted molar refractivity (Wildman–Crippen MR) is 78.9 cm³/mol. The van der Waals surface area contributed by atoms with Crippen molar-refractivity contribution in [3.8, 4) is 0 Å². The van der Waals surface area contributed by atoms with E-state index in [-0.39, 0.29) is 12.6 Å². The third kappa shape index (κ3) is 3.58. The van der Waals surface area contributed by atoms with Crippen molar-refractivity contribution in [1.82, 2.24) is 0 Å². The van der Waals surface area contributed by atoms with Gasteiger partial charge in [-0.2, -0.15) is 0 Å². The Hall–Kier alpha value is -1.81. The third-order valence-electron chi connectivity index (χ3n) is 2.73. The van der Waals surface area contributed by atoms with Crippen LogP contribution < -0.4 is 5.73 Å². The maximum absolute atomic E-state index is 12.0. The largest absolute Gasteiger partial charge is 0.457 e. The predicted octanol–water partition coefficient (Wildman–Crippen LogP) is 3.70. The third-order valence-corrected chi connectivity index (χ3v) is 3.22. The number of benzene rings is 2. The molecule has 2 N–H and O–H groups in total. The van der Waals surface area contributed by atoms with Crippen LogP contribution in [0.2, 0.25) is 0 Å². The minimum absolute atomic E-state index is 0.252. The van der Waals surface area contributed by atoms with Gasteiger partial charge in [0.05, 0.1) is 5.56 Å². The molecule has 0 bridgehead atoms. The van der Waals surface area contributed by atoms with Crippen molar-refractivity contribution < 1.29 is 9.53 Å². The zero-order valence-corrected chi connectivity index (χ0v) is 12.1. The molecular formula is C15H14BrNO2. The number of nitrogen functional groups attached to an aromatic ring is 1. The molecule has 0 radical (unpaired) electrons. The second kappa shape index (κ2) is 5.89. The summed E-state index contributed by atoms with van der Waals surface area (Å²) in [5, 5.41) is 0. The number of hydrogen-bond acceptors (Lipinski definition) is 3. The summed E-state index contributed by atoms with van der Waals surface area (Å²) in [6.07, 6.45) is 0. The van der Waals surface area contributed by atoms with Crippen LogP contribution in [0.3, 0.4) is 0 Å². The topological polar surface area (TPSA) is 52.3 Å². The van der Waals surface area contributed by atoms with E-state index in [0.717, 1.165) is 15.6 Å². The molecular weight excluding hydrogens is 306 g/mol. The van der Waals surface area contributed by atoms with E-state index < -0.39 is 0 Å². The molecule has 0 saturated heterocycles. The lowest BCUT2D eigenvalue weighted by Gasteiger charge is -2.08. The second-order valence-corrected chi connectivity index (χ2v) is 5.20. The van der Waals surface area contributed by atoms with Crippen molar-refractivity contribution in [3.63, 3.8) is 0 Å². The number of carbonyl (C=O) groups is 1. The molecule has 2 aromatic rings. The maximum atomic E-state index is 12.0. The van der Waals surface area contributed by atoms with E-state index in [1.54, 1.807) is 18.2 Å². The number of aryl methyl sites for hydroxylation is 1. The van der Waals surface area contributed by atoms with Gasteiger partial charge in [0.2, 0.25) is 0 Å². The molecule has 4 heteroatoms. The molecule has 0 unspecified atom stereocenters. The molecule has 0 aliphatic rings. The Kier molecular flexibility index (Phi) is 4.22. The molecule has 0 saturated carbocycles. The maximum Gasteiger partial charge on any atom is 0.338 e. The van der Waals surface area contributed by atoms with E-state index in [0.29, 0.717) is 11.3 Å². The average Bonchev–Trinajstić information content (AvgIpc) is 2.36. The normalized spacial score (nSPS) is 10.2. The number of halogens is 1. The van der Waals surface area contributed by atoms with E-state index in [9.17, 15) is 4.79 Å². The number of ether oxygens (including phenoxy) is 1. The van der Waals surface area contributed by atoms with Gasteiger partial charge < -0.3 is 10.5 Å². The average molecular weight is 320 g/mol. The van der Waals surface area contributed by atoms with Gasteiger partial charge in [-0.15, -0.1) is 0 Å². The molecule has 0 spiro atoms. The Labute approximate surface area is 120 Å². The van der Waals surface area contributed by atoms with Gasteiger partial charge in [-0.05, 0) is 48.4 Å². The van der Waals surface area contributed by atoms with Crippen LogP contribution in [-0.4, -0.2) is 5.97 Å². The summed E-state index contributed by atoms with van der Waals surface area (Å²) in [4.78, 5) is 12.0. The molecule has 0 fully saturated rings. The van der Waals surface area contributed by atoms with E-state index in [1.807, 2.05) is 31.2 Å². The van der Waals surface area contributed by atoms with Crippen molar-refractivity contribution in [2.75, 3.05) is 5.73 Å². The van der Waals surface area contributed by atoms with Gasteiger partial charge in [-0.25, -0.2) is 4.79 Å². The first-order valence-electron chi connectivity index (χ1n) is 5.84. The van der Waals surface area contributed by atoms with Crippen LogP contribution in [0.1, 0.15) is 21.5 Å². The molecule has 0 atom stereocenters. The Morgan fingerprint density at radius 3 is 2.74 bits per heavy atom. The molecule has 0 amide bonds. The summed E-state index contributed by atoms with van der Waals surface area (Å²) < 4.78 is 6.25. The first-order valence-corrected chi connectivity index (χ1v) is 6.63. The molecule has 19 heavy (non-hydrogen) atoms. The van der Waals surface area contributed by atoms with Crippen LogP contribution in [0.5, 0.6) is 0 Å². The summed E-state index contributed by atoms with van der Waals surface area (Å²) in [5.41, 5.74) is 8.60. The molecule has 3 nitrogen and oxygen atoms in total. The number of esters is 1. The number of anilines is 1. The molecule has 2 aromatic carbocycles. The lowest BCUT2D eigenvalue weighted by molar-refractivity contribution is 0.0472. The van der Waals surface area contributed by atoms with Crippen molar-refractivity contribution in [2.45, 2.75) is 13.5 Å². The smallest absolute Gasteiger partial charge is 0.338 e. The Morgan fingerprint density at radius 1 is 1.26 bits per heavy atom. The van der Waals surface area contributed by atoms with E-state index >= 15 is 0 Å². The minimum Gasteiger partial charge on any atom is -0.457 e. The summed E-state index contributed by atoms with van der Waals surface area (Å²) in [6.45, 7) is 2.09. The van der Waals surface area contributed by atoms with Crippen LogP contribution in [0.25, 0.3) is 0 Å². The summed E-state index contributed by atoms with van der Waals surface area (Å²) in [7, 11) is 0. The first-order chi connectivity index (χ1) is 9.06. The van der Waals surface area contributed by atoms with Crippen molar-refractivity contribution in [1.29, 1.82) is 0 Å². The van der Waals surface area contributed by atoms with Gasteiger partial charge in [-0.1, -0.05) is 28.1 Å². The lowest BCUT2D eigenvalue weighted by atomic mass is 10.1. The Bertz CT molecular complexity index is 611. The number of nitrogens with two attached hydrogens (primary N) is 1. The fourth-order valence-corrected chi connectivity index (χ4v) is 2.22. The van der Waals surface area contributed by atoms with Crippen LogP contribution >= 0.6 is 15.9 Å². The van der Waals surface area contributed by atoms with Crippen molar-refractivity contribution in [2.24, 2.45) is 0 Å². The highest BCUT2D eigenvalue weighted by atomic mass is 79.9. The quantitative estimate of drug-likeness (QED) is 0.693. The van der Waals surface area contributed by atoms with Crippen LogP contribution in [0, 0.1) is 6.92 Å². The van der Waals surface area contributed by atoms with Crippen molar-refractivity contribution >= 4 is 27.6 Å². The van der Waals surface area contributed by atoms with Gasteiger partial charge in [0.15, 0.2) is 0 Å². The molecule has 0 aliphatic carbocycles. The number of rotatable bonds is 3. The Morgan fingerprint density at radius 2 is 2.05 bits per heavy atom. The molecule has 0 aliphatic heterocycles. The summed E-state index contributed by atoms with van der Waals surface area (Å²) in [6, 6.07) is 12.8. The van der Waals surface area contributed by atoms with Crippen LogP contribution in [0.15, 0.2) is 46.9 Å². The molecule has 2 rings (SSSR count). The standard InChI is InChI=1S/C15H14BrNO2/c1-10-7-13(17)5-6-14(10)15(18)19-9-11-3-2-4-12(16)8-11/h2-8H,9,17H2,1H3. The highest BCUT2D eigenvalue weighted by molar-refractivity contribution is 9.10. The fraction of sp³-hybridized carbons (Fsp3) is 0.133. The minimum atomic E-state index is -0.336. The molecule has 0 aromatic heterocycles. The van der Waals surface area contributed by atoms with E-state index in [4.69, 9.17) is 10.5 Å². The fourth-order valence-electron chi connectivity index (χ4n) is 1.77. The molecule has 98 valence electrons. The number of hydrogen-bond donors (Lipinski definition) is 1. The highest BCUT2D eigenvalue weighted by Crippen LogP contribution is 2.16. The van der Waals surface area contributed by atoms with Gasteiger partial charge in [0, 0.05) is 10.2 Å². The lowest BCUT2D eigenvalue weighted by Crippen LogP contribution is -2.07. The highest BCUT2D eigenvalue weighted by Gasteiger charge is 2.10. The van der Waals surface area contributed by atoms with Gasteiger partial charge in [0.25, 0.3) is 0 Å². The zero-order chi connectivity index (χ0) is 13.8. The first kappa shape index (κ1) is 13.6. The monoisotopic (exact) mass is 319 g/mol. The van der Waals surface area contributed by atoms with Gasteiger partial charge >= 0.3 is 5.97 Å². The Balaban J connectivity index is 2.05. The van der Waals surface area contributed by atoms with Crippen LogP contribution in [-0.2, 0) is 11.3 Å². The van der Waals surface area contributed by atoms with Gasteiger partial charge in [-0.3, -0.25) is 0 Å². The molecule has 0 heterocycles. The summed E-state index contributed by atoms with van der Waals surface area (Å²) in [5.74, 6) is -0.336. The number of carbonyl (C=O) groups excluding carboxylic acids is 1. The van der Waals surface area contributed by atoms with Crippen LogP contribution in [0.4, 0.5) is 5.69 Å². The van der Waals surface area contributed by atoms with Gasteiger partial charge in [0.1, 0.15) is 6.61 Å². The SMILES string of the molecule is Cc1cc(N)ccc1C(=O)OCc1cccc(Br)c1. The van der Waals surface area contributed by atoms with Crippen molar-refractivity contribution in [3.05, 3.63) is 63.6 Å². The second-order valence-electron chi connectivity index (χ2n) is 4.28. The van der Waals surface area contributed by atoms with E-state index in [1.165, 1.54) is 0 Å². The summed E-state index contributed by atoms with van der Waals surface area (Å²) >= 11 is 3.38. The van der Waals surface area contributed by atoms with E-state index in [2.05, 4.69) is 15.9 Å².